The standard InChI is InChI=1S/C22H20ClF3N2O3/c1-12(7-8-29)27-21(30)13-3-5-16-18(9-13)28-19(11-20(16)31-2)15-6-4-14(10-17(15)23)22(24,25)26/h3-6,9-12,29H,7-8H2,1-2H3,(H,27,30)/t12-/m1/s1. The van der Waals surface area contributed by atoms with E-state index < -0.39 is 11.7 Å². The predicted molar refractivity (Wildman–Crippen MR) is 112 cm³/mol. The maximum absolute atomic E-state index is 12.9. The second-order valence-corrected chi connectivity index (χ2v) is 7.43. The van der Waals surface area contributed by atoms with Crippen LogP contribution in [0.5, 0.6) is 5.75 Å². The summed E-state index contributed by atoms with van der Waals surface area (Å²) in [6, 6.07) is 9.29. The topological polar surface area (TPSA) is 71.5 Å². The molecule has 2 aromatic carbocycles. The molecule has 3 rings (SSSR count). The van der Waals surface area contributed by atoms with Crippen molar-refractivity contribution in [3.63, 3.8) is 0 Å². The van der Waals surface area contributed by atoms with Crippen LogP contribution in [0.4, 0.5) is 13.2 Å². The van der Waals surface area contributed by atoms with Gasteiger partial charge in [-0.25, -0.2) is 4.98 Å². The van der Waals surface area contributed by atoms with Crippen LogP contribution in [0.3, 0.4) is 0 Å². The fourth-order valence-corrected chi connectivity index (χ4v) is 3.39. The third-order valence-corrected chi connectivity index (χ3v) is 5.08. The van der Waals surface area contributed by atoms with Crippen LogP contribution in [0.25, 0.3) is 22.2 Å². The summed E-state index contributed by atoms with van der Waals surface area (Å²) in [5, 5.41) is 12.3. The number of nitrogens with one attached hydrogen (secondary N) is 1. The Bertz CT molecular complexity index is 1120. The molecule has 2 N–H and O–H groups in total. The molecule has 0 bridgehead atoms. The zero-order valence-electron chi connectivity index (χ0n) is 16.8. The van der Waals surface area contributed by atoms with Crippen molar-refractivity contribution >= 4 is 28.4 Å². The number of rotatable bonds is 6. The Morgan fingerprint density at radius 1 is 1.23 bits per heavy atom. The van der Waals surface area contributed by atoms with Gasteiger partial charge in [-0.05, 0) is 43.7 Å². The molecule has 3 aromatic rings. The second-order valence-electron chi connectivity index (χ2n) is 7.02. The molecule has 0 fully saturated rings. The molecule has 164 valence electrons. The van der Waals surface area contributed by atoms with Gasteiger partial charge in [-0.3, -0.25) is 4.79 Å². The van der Waals surface area contributed by atoms with Crippen LogP contribution in [0.15, 0.2) is 42.5 Å². The lowest BCUT2D eigenvalue weighted by atomic mass is 10.0. The molecular weight excluding hydrogens is 433 g/mol. The molecule has 1 atom stereocenters. The van der Waals surface area contributed by atoms with Crippen LogP contribution >= 0.6 is 11.6 Å². The number of amides is 1. The van der Waals surface area contributed by atoms with Crippen LogP contribution < -0.4 is 10.1 Å². The van der Waals surface area contributed by atoms with E-state index in [2.05, 4.69) is 10.3 Å². The third kappa shape index (κ3) is 5.08. The van der Waals surface area contributed by atoms with E-state index in [1.165, 1.54) is 13.2 Å². The number of carbonyl (C=O) groups is 1. The third-order valence-electron chi connectivity index (χ3n) is 4.77. The van der Waals surface area contributed by atoms with E-state index in [1.54, 1.807) is 31.2 Å². The van der Waals surface area contributed by atoms with Crippen LogP contribution in [-0.2, 0) is 6.18 Å². The van der Waals surface area contributed by atoms with Gasteiger partial charge in [-0.1, -0.05) is 17.7 Å². The zero-order valence-corrected chi connectivity index (χ0v) is 17.5. The molecule has 0 saturated carbocycles. The largest absolute Gasteiger partial charge is 0.496 e. The summed E-state index contributed by atoms with van der Waals surface area (Å²) in [6.45, 7) is 1.73. The second kappa shape index (κ2) is 9.11. The highest BCUT2D eigenvalue weighted by molar-refractivity contribution is 6.33. The monoisotopic (exact) mass is 452 g/mol. The van der Waals surface area contributed by atoms with E-state index in [0.29, 0.717) is 39.9 Å². The highest BCUT2D eigenvalue weighted by atomic mass is 35.5. The number of nitrogens with zero attached hydrogens (tertiary/aromatic N) is 1. The number of fused-ring (bicyclic) bond motifs is 1. The molecule has 0 spiro atoms. The van der Waals surface area contributed by atoms with E-state index in [-0.39, 0.29) is 23.6 Å². The maximum Gasteiger partial charge on any atom is 0.416 e. The number of halogens is 4. The van der Waals surface area contributed by atoms with Gasteiger partial charge in [0.15, 0.2) is 0 Å². The molecule has 1 heterocycles. The van der Waals surface area contributed by atoms with Crippen molar-refractivity contribution in [3.8, 4) is 17.0 Å². The van der Waals surface area contributed by atoms with Crippen molar-refractivity contribution < 1.29 is 27.8 Å². The van der Waals surface area contributed by atoms with Gasteiger partial charge in [-0.15, -0.1) is 0 Å². The van der Waals surface area contributed by atoms with Gasteiger partial charge in [-0.2, -0.15) is 13.2 Å². The molecule has 0 saturated heterocycles. The summed E-state index contributed by atoms with van der Waals surface area (Å²) in [6.07, 6.45) is -4.09. The number of pyridine rings is 1. The quantitative estimate of drug-likeness (QED) is 0.547. The van der Waals surface area contributed by atoms with Gasteiger partial charge in [0.1, 0.15) is 5.75 Å². The Labute approximate surface area is 181 Å². The van der Waals surface area contributed by atoms with Gasteiger partial charge in [0, 0.05) is 35.2 Å². The van der Waals surface area contributed by atoms with Crippen LogP contribution in [0.1, 0.15) is 29.3 Å². The first kappa shape index (κ1) is 22.8. The number of aromatic nitrogens is 1. The Hall–Kier alpha value is -2.84. The Morgan fingerprint density at radius 2 is 1.97 bits per heavy atom. The van der Waals surface area contributed by atoms with Gasteiger partial charge >= 0.3 is 6.18 Å². The molecular formula is C22H20ClF3N2O3. The van der Waals surface area contributed by atoms with Crippen LogP contribution in [0, 0.1) is 0 Å². The lowest BCUT2D eigenvalue weighted by molar-refractivity contribution is -0.137. The fraction of sp³-hybridized carbons (Fsp3) is 0.273. The minimum absolute atomic E-state index is 0.0465. The molecule has 0 aliphatic heterocycles. The highest BCUT2D eigenvalue weighted by Gasteiger charge is 2.31. The van der Waals surface area contributed by atoms with E-state index in [0.717, 1.165) is 12.1 Å². The summed E-state index contributed by atoms with van der Waals surface area (Å²) < 4.78 is 44.2. The molecule has 5 nitrogen and oxygen atoms in total. The van der Waals surface area contributed by atoms with Crippen molar-refractivity contribution in [1.29, 1.82) is 0 Å². The molecule has 9 heteroatoms. The summed E-state index contributed by atoms with van der Waals surface area (Å²) in [4.78, 5) is 17.0. The summed E-state index contributed by atoms with van der Waals surface area (Å²) in [5.74, 6) is 0.109. The van der Waals surface area contributed by atoms with Crippen molar-refractivity contribution in [1.82, 2.24) is 10.3 Å². The van der Waals surface area contributed by atoms with Crippen molar-refractivity contribution in [2.24, 2.45) is 0 Å². The average molecular weight is 453 g/mol. The molecule has 1 aromatic heterocycles. The number of ether oxygens (including phenoxy) is 1. The molecule has 0 radical (unpaired) electrons. The summed E-state index contributed by atoms with van der Waals surface area (Å²) in [5.41, 5.74) is 0.538. The van der Waals surface area contributed by atoms with Gasteiger partial charge in [0.25, 0.3) is 5.91 Å². The van der Waals surface area contributed by atoms with E-state index in [4.69, 9.17) is 21.4 Å². The Morgan fingerprint density at radius 3 is 2.58 bits per heavy atom. The SMILES string of the molecule is COc1cc(-c2ccc(C(F)(F)F)cc2Cl)nc2cc(C(=O)N[C@H](C)CCO)ccc12. The molecule has 0 aliphatic carbocycles. The minimum atomic E-state index is -4.51. The van der Waals surface area contributed by atoms with E-state index in [9.17, 15) is 18.0 Å². The number of carbonyl (C=O) groups excluding carboxylic acids is 1. The predicted octanol–water partition coefficient (Wildman–Crippen LogP) is 5.08. The first-order valence-corrected chi connectivity index (χ1v) is 9.79. The Balaban J connectivity index is 2.05. The van der Waals surface area contributed by atoms with Gasteiger partial charge in [0.05, 0.1) is 28.9 Å². The first-order chi connectivity index (χ1) is 14.6. The zero-order chi connectivity index (χ0) is 22.8. The molecule has 0 aliphatic rings. The average Bonchev–Trinajstić information content (AvgIpc) is 2.71. The fourth-order valence-electron chi connectivity index (χ4n) is 3.12. The van der Waals surface area contributed by atoms with E-state index in [1.807, 2.05) is 0 Å². The van der Waals surface area contributed by atoms with Crippen molar-refractivity contribution in [3.05, 3.63) is 58.6 Å². The number of aliphatic hydroxyl groups is 1. The molecule has 31 heavy (non-hydrogen) atoms. The first-order valence-electron chi connectivity index (χ1n) is 9.41. The summed E-state index contributed by atoms with van der Waals surface area (Å²) >= 11 is 6.12. The van der Waals surface area contributed by atoms with Gasteiger partial charge in [0.2, 0.25) is 0 Å². The number of hydrogen-bond acceptors (Lipinski definition) is 4. The normalized spacial score (nSPS) is 12.6. The van der Waals surface area contributed by atoms with E-state index >= 15 is 0 Å². The number of aliphatic hydroxyl groups excluding tert-OH is 1. The highest BCUT2D eigenvalue weighted by Crippen LogP contribution is 2.37. The van der Waals surface area contributed by atoms with Crippen LogP contribution in [0.2, 0.25) is 5.02 Å². The van der Waals surface area contributed by atoms with Crippen molar-refractivity contribution in [2.45, 2.75) is 25.6 Å². The maximum atomic E-state index is 12.9. The lowest BCUT2D eigenvalue weighted by Crippen LogP contribution is -2.33. The molecule has 0 unspecified atom stereocenters. The Kier molecular flexibility index (Phi) is 6.71. The summed E-state index contributed by atoms with van der Waals surface area (Å²) in [7, 11) is 1.46. The van der Waals surface area contributed by atoms with Gasteiger partial charge < -0.3 is 15.2 Å². The number of alkyl halides is 3. The number of benzene rings is 2. The number of methoxy groups -OCH3 is 1. The van der Waals surface area contributed by atoms with Crippen molar-refractivity contribution in [2.75, 3.05) is 13.7 Å². The smallest absolute Gasteiger partial charge is 0.416 e. The number of hydrogen-bond donors (Lipinski definition) is 2. The molecule has 1 amide bonds. The lowest BCUT2D eigenvalue weighted by Gasteiger charge is -2.14. The van der Waals surface area contributed by atoms with Crippen LogP contribution in [-0.4, -0.2) is 35.8 Å². The minimum Gasteiger partial charge on any atom is -0.496 e.